The molecule has 4 rings (SSSR count). The van der Waals surface area contributed by atoms with E-state index in [1.54, 1.807) is 55.1 Å². The van der Waals surface area contributed by atoms with Crippen LogP contribution in [0.1, 0.15) is 16.1 Å². The summed E-state index contributed by atoms with van der Waals surface area (Å²) in [6, 6.07) is 19.5. The molecule has 4 aromatic rings. The number of nitrogens with one attached hydrogen (secondary N) is 1. The van der Waals surface area contributed by atoms with Crippen LogP contribution in [0.2, 0.25) is 0 Å². The third-order valence-electron chi connectivity index (χ3n) is 4.69. The second-order valence-corrected chi connectivity index (χ2v) is 7.58. The normalized spacial score (nSPS) is 10.4. The zero-order valence-electron chi connectivity index (χ0n) is 18.1. The highest BCUT2D eigenvalue weighted by atomic mass is 32.1. The summed E-state index contributed by atoms with van der Waals surface area (Å²) in [5, 5.41) is 4.79. The van der Waals surface area contributed by atoms with Gasteiger partial charge in [0.15, 0.2) is 23.0 Å². The molecule has 0 radical (unpaired) electrons. The molecule has 1 heterocycles. The molecule has 8 heteroatoms. The predicted molar refractivity (Wildman–Crippen MR) is 127 cm³/mol. The number of methoxy groups -OCH3 is 2. The monoisotopic (exact) mass is 462 g/mol. The van der Waals surface area contributed by atoms with Gasteiger partial charge in [-0.2, -0.15) is 0 Å². The zero-order valence-corrected chi connectivity index (χ0v) is 18.9. The van der Waals surface area contributed by atoms with Crippen LogP contribution in [-0.2, 0) is 6.61 Å². The number of nitrogens with zero attached hydrogens (tertiary/aromatic N) is 1. The van der Waals surface area contributed by atoms with Gasteiger partial charge in [0.25, 0.3) is 5.91 Å². The molecule has 0 saturated heterocycles. The molecule has 1 amide bonds. The Hall–Kier alpha value is -4.04. The van der Waals surface area contributed by atoms with Crippen LogP contribution in [0.25, 0.3) is 0 Å². The number of benzene rings is 3. The van der Waals surface area contributed by atoms with Gasteiger partial charge in [-0.05, 0) is 54.6 Å². The first kappa shape index (κ1) is 22.2. The number of carbonyl (C=O) groups is 1. The minimum Gasteiger partial charge on any atom is -0.493 e. The number of carbonyl (C=O) groups excluding carboxylic acids is 1. The van der Waals surface area contributed by atoms with Crippen LogP contribution >= 0.6 is 11.3 Å². The van der Waals surface area contributed by atoms with Gasteiger partial charge >= 0.3 is 0 Å². The van der Waals surface area contributed by atoms with Crippen LogP contribution in [0.4, 0.5) is 5.69 Å². The van der Waals surface area contributed by atoms with E-state index in [0.29, 0.717) is 46.6 Å². The molecule has 0 saturated carbocycles. The van der Waals surface area contributed by atoms with Crippen molar-refractivity contribution < 1.29 is 23.7 Å². The number of thiazole rings is 1. The van der Waals surface area contributed by atoms with Crippen LogP contribution in [-0.4, -0.2) is 25.1 Å². The minimum absolute atomic E-state index is 0.266. The second-order valence-electron chi connectivity index (χ2n) is 6.87. The largest absolute Gasteiger partial charge is 0.493 e. The van der Waals surface area contributed by atoms with Crippen LogP contribution in [0.5, 0.6) is 28.7 Å². The van der Waals surface area contributed by atoms with Gasteiger partial charge in [0.2, 0.25) is 0 Å². The number of hydrogen-bond donors (Lipinski definition) is 1. The Morgan fingerprint density at radius 2 is 1.67 bits per heavy atom. The number of ether oxygens (including phenoxy) is 4. The topological polar surface area (TPSA) is 78.9 Å². The predicted octanol–water partition coefficient (Wildman–Crippen LogP) is 5.78. The van der Waals surface area contributed by atoms with Crippen molar-refractivity contribution in [1.82, 2.24) is 4.98 Å². The second kappa shape index (κ2) is 10.5. The first-order valence-corrected chi connectivity index (χ1v) is 11.0. The molecule has 0 atom stereocenters. The van der Waals surface area contributed by atoms with E-state index in [4.69, 9.17) is 18.9 Å². The summed E-state index contributed by atoms with van der Waals surface area (Å²) < 4.78 is 22.3. The van der Waals surface area contributed by atoms with E-state index >= 15 is 0 Å². The molecule has 0 bridgehead atoms. The van der Waals surface area contributed by atoms with E-state index in [0.717, 1.165) is 5.69 Å². The maximum atomic E-state index is 12.7. The SMILES string of the molecule is COc1cc(C(=O)Nc2ccc(Oc3ccccc3OC)cc2)ccc1OCc1cscn1. The highest BCUT2D eigenvalue weighted by Crippen LogP contribution is 2.32. The molecule has 0 aliphatic carbocycles. The van der Waals surface area contributed by atoms with E-state index in [2.05, 4.69) is 10.3 Å². The first-order chi connectivity index (χ1) is 16.2. The molecule has 0 aliphatic heterocycles. The lowest BCUT2D eigenvalue weighted by molar-refractivity contribution is 0.102. The molecule has 0 fully saturated rings. The molecular weight excluding hydrogens is 440 g/mol. The van der Waals surface area contributed by atoms with Crippen LogP contribution in [0.15, 0.2) is 77.6 Å². The summed E-state index contributed by atoms with van der Waals surface area (Å²) in [5.41, 5.74) is 3.67. The van der Waals surface area contributed by atoms with Gasteiger partial charge < -0.3 is 24.3 Å². The quantitative estimate of drug-likeness (QED) is 0.339. The fourth-order valence-corrected chi connectivity index (χ4v) is 3.57. The summed E-state index contributed by atoms with van der Waals surface area (Å²) in [7, 11) is 3.13. The van der Waals surface area contributed by atoms with Crippen molar-refractivity contribution in [2.45, 2.75) is 6.61 Å². The fraction of sp³-hybridized carbons (Fsp3) is 0.120. The van der Waals surface area contributed by atoms with Gasteiger partial charge in [-0.3, -0.25) is 4.79 Å². The third-order valence-corrected chi connectivity index (χ3v) is 5.33. The minimum atomic E-state index is -0.266. The van der Waals surface area contributed by atoms with Crippen molar-refractivity contribution in [2.75, 3.05) is 19.5 Å². The average Bonchev–Trinajstić information content (AvgIpc) is 3.38. The van der Waals surface area contributed by atoms with Crippen molar-refractivity contribution in [3.63, 3.8) is 0 Å². The Morgan fingerprint density at radius 3 is 2.36 bits per heavy atom. The van der Waals surface area contributed by atoms with Gasteiger partial charge in [-0.15, -0.1) is 11.3 Å². The highest BCUT2D eigenvalue weighted by Gasteiger charge is 2.13. The van der Waals surface area contributed by atoms with Crippen molar-refractivity contribution >= 4 is 22.9 Å². The van der Waals surface area contributed by atoms with Crippen molar-refractivity contribution in [1.29, 1.82) is 0 Å². The standard InChI is InChI=1S/C25H22N2O5S/c1-29-21-5-3-4-6-23(21)32-20-10-8-18(9-11-20)27-25(28)17-7-12-22(24(13-17)30-2)31-14-19-15-33-16-26-19/h3-13,15-16H,14H2,1-2H3,(H,27,28). The molecule has 3 aromatic carbocycles. The van der Waals surface area contributed by atoms with Gasteiger partial charge in [-0.1, -0.05) is 12.1 Å². The Bertz CT molecular complexity index is 1210. The van der Waals surface area contributed by atoms with Gasteiger partial charge in [0.05, 0.1) is 25.4 Å². The van der Waals surface area contributed by atoms with Crippen molar-refractivity contribution in [3.8, 4) is 28.7 Å². The Balaban J connectivity index is 1.40. The van der Waals surface area contributed by atoms with E-state index in [1.165, 1.54) is 18.4 Å². The molecule has 0 spiro atoms. The van der Waals surface area contributed by atoms with Gasteiger partial charge in [-0.25, -0.2) is 4.98 Å². The van der Waals surface area contributed by atoms with Crippen LogP contribution in [0.3, 0.4) is 0 Å². The molecule has 1 aromatic heterocycles. The summed E-state index contributed by atoms with van der Waals surface area (Å²) in [6.45, 7) is 0.328. The number of amides is 1. The summed E-state index contributed by atoms with van der Waals surface area (Å²) >= 11 is 1.51. The lowest BCUT2D eigenvalue weighted by Crippen LogP contribution is -2.12. The smallest absolute Gasteiger partial charge is 0.255 e. The lowest BCUT2D eigenvalue weighted by Gasteiger charge is -2.12. The Labute approximate surface area is 195 Å². The van der Waals surface area contributed by atoms with E-state index < -0.39 is 0 Å². The van der Waals surface area contributed by atoms with E-state index in [9.17, 15) is 4.79 Å². The molecule has 7 nitrogen and oxygen atoms in total. The van der Waals surface area contributed by atoms with E-state index in [1.807, 2.05) is 29.6 Å². The van der Waals surface area contributed by atoms with Crippen LogP contribution in [0, 0.1) is 0 Å². The molecule has 0 unspecified atom stereocenters. The Kier molecular flexibility index (Phi) is 7.06. The highest BCUT2D eigenvalue weighted by molar-refractivity contribution is 7.07. The van der Waals surface area contributed by atoms with Gasteiger partial charge in [0, 0.05) is 16.6 Å². The fourth-order valence-electron chi connectivity index (χ4n) is 3.03. The summed E-state index contributed by atoms with van der Waals surface area (Å²) in [6.07, 6.45) is 0. The van der Waals surface area contributed by atoms with Crippen LogP contribution < -0.4 is 24.3 Å². The average molecular weight is 463 g/mol. The lowest BCUT2D eigenvalue weighted by atomic mass is 10.1. The number of hydrogen-bond acceptors (Lipinski definition) is 7. The molecule has 33 heavy (non-hydrogen) atoms. The molecule has 0 aliphatic rings. The molecular formula is C25H22N2O5S. The molecule has 1 N–H and O–H groups in total. The van der Waals surface area contributed by atoms with Crippen molar-refractivity contribution in [3.05, 3.63) is 88.9 Å². The van der Waals surface area contributed by atoms with Gasteiger partial charge in [0.1, 0.15) is 12.4 Å². The number of aromatic nitrogens is 1. The Morgan fingerprint density at radius 1 is 0.909 bits per heavy atom. The zero-order chi connectivity index (χ0) is 23.0. The third kappa shape index (κ3) is 5.61. The summed E-state index contributed by atoms with van der Waals surface area (Å²) in [4.78, 5) is 16.9. The summed E-state index contributed by atoms with van der Waals surface area (Å²) in [5.74, 6) is 2.63. The maximum absolute atomic E-state index is 12.7. The number of para-hydroxylation sites is 2. The number of rotatable bonds is 9. The number of anilines is 1. The van der Waals surface area contributed by atoms with Crippen molar-refractivity contribution in [2.24, 2.45) is 0 Å². The first-order valence-electron chi connectivity index (χ1n) is 10.1. The van der Waals surface area contributed by atoms with E-state index in [-0.39, 0.29) is 5.91 Å². The maximum Gasteiger partial charge on any atom is 0.255 e. The molecule has 168 valence electrons.